The first-order valence-electron chi connectivity index (χ1n) is 9.29. The Bertz CT molecular complexity index is 1220. The van der Waals surface area contributed by atoms with E-state index in [0.29, 0.717) is 29.8 Å². The Morgan fingerprint density at radius 1 is 1.00 bits per heavy atom. The Labute approximate surface area is 182 Å². The first-order chi connectivity index (χ1) is 14.6. The van der Waals surface area contributed by atoms with E-state index >= 15 is 0 Å². The molecule has 9 heteroatoms. The van der Waals surface area contributed by atoms with Crippen LogP contribution in [-0.4, -0.2) is 31.4 Å². The standard InChI is InChI=1S/C21H17Cl2N5O2/c1-29-11-20-25-26-21-16-8-14(23)4-7-18(16)28-12-24-17(19(28)9-27(20)21)10-30-15-5-2-13(22)3-6-15/h2-8,12H,9-11H2,1H3. The van der Waals surface area contributed by atoms with Crippen LogP contribution in [0.2, 0.25) is 10.0 Å². The van der Waals surface area contributed by atoms with Gasteiger partial charge in [0.05, 0.1) is 24.3 Å². The second-order valence-electron chi connectivity index (χ2n) is 6.87. The van der Waals surface area contributed by atoms with E-state index in [-0.39, 0.29) is 0 Å². The molecule has 30 heavy (non-hydrogen) atoms. The number of fused-ring (bicyclic) bond motifs is 5. The average Bonchev–Trinajstić information content (AvgIpc) is 3.29. The van der Waals surface area contributed by atoms with Crippen LogP contribution in [0.25, 0.3) is 17.1 Å². The maximum absolute atomic E-state index is 6.29. The third kappa shape index (κ3) is 3.35. The monoisotopic (exact) mass is 441 g/mol. The van der Waals surface area contributed by atoms with Crippen LogP contribution < -0.4 is 4.74 Å². The van der Waals surface area contributed by atoms with Crippen molar-refractivity contribution in [2.24, 2.45) is 0 Å². The number of ether oxygens (including phenoxy) is 2. The number of hydrogen-bond donors (Lipinski definition) is 0. The lowest BCUT2D eigenvalue weighted by Crippen LogP contribution is -2.10. The molecule has 152 valence electrons. The van der Waals surface area contributed by atoms with Crippen molar-refractivity contribution in [3.63, 3.8) is 0 Å². The van der Waals surface area contributed by atoms with Gasteiger partial charge in [-0.3, -0.25) is 0 Å². The molecule has 2 aromatic carbocycles. The summed E-state index contributed by atoms with van der Waals surface area (Å²) in [4.78, 5) is 4.62. The zero-order chi connectivity index (χ0) is 20.7. The van der Waals surface area contributed by atoms with E-state index in [4.69, 9.17) is 32.7 Å². The number of benzene rings is 2. The molecular weight excluding hydrogens is 425 g/mol. The highest BCUT2D eigenvalue weighted by Gasteiger charge is 2.26. The first kappa shape index (κ1) is 19.1. The maximum Gasteiger partial charge on any atom is 0.166 e. The van der Waals surface area contributed by atoms with E-state index in [1.807, 2.05) is 34.9 Å². The average molecular weight is 442 g/mol. The van der Waals surface area contributed by atoms with Gasteiger partial charge in [0.15, 0.2) is 11.6 Å². The normalized spacial score (nSPS) is 12.1. The van der Waals surface area contributed by atoms with Gasteiger partial charge in [-0.25, -0.2) is 4.98 Å². The Morgan fingerprint density at radius 3 is 2.60 bits per heavy atom. The summed E-state index contributed by atoms with van der Waals surface area (Å²) in [6, 6.07) is 13.0. The van der Waals surface area contributed by atoms with Crippen LogP contribution in [-0.2, 0) is 24.5 Å². The molecule has 4 aromatic rings. The van der Waals surface area contributed by atoms with E-state index in [1.54, 1.807) is 25.6 Å². The van der Waals surface area contributed by atoms with Gasteiger partial charge in [-0.1, -0.05) is 23.2 Å². The van der Waals surface area contributed by atoms with Crippen LogP contribution in [0.4, 0.5) is 0 Å². The van der Waals surface area contributed by atoms with Gasteiger partial charge in [0.1, 0.15) is 24.7 Å². The summed E-state index contributed by atoms with van der Waals surface area (Å²) in [6.07, 6.45) is 1.80. The number of nitrogens with zero attached hydrogens (tertiary/aromatic N) is 5. The third-order valence-electron chi connectivity index (χ3n) is 5.01. The van der Waals surface area contributed by atoms with E-state index in [2.05, 4.69) is 19.7 Å². The topological polar surface area (TPSA) is 67.0 Å². The fourth-order valence-corrected chi connectivity index (χ4v) is 3.87. The van der Waals surface area contributed by atoms with Crippen LogP contribution in [0.5, 0.6) is 5.75 Å². The highest BCUT2D eigenvalue weighted by atomic mass is 35.5. The third-order valence-corrected chi connectivity index (χ3v) is 5.50. The first-order valence-corrected chi connectivity index (χ1v) is 10.0. The summed E-state index contributed by atoms with van der Waals surface area (Å²) in [5, 5.41) is 10.0. The molecule has 5 rings (SSSR count). The van der Waals surface area contributed by atoms with Crippen molar-refractivity contribution in [3.05, 3.63) is 76.0 Å². The van der Waals surface area contributed by atoms with Crippen LogP contribution in [0.3, 0.4) is 0 Å². The Kier molecular flexibility index (Phi) is 4.94. The van der Waals surface area contributed by atoms with E-state index in [9.17, 15) is 0 Å². The summed E-state index contributed by atoms with van der Waals surface area (Å²) in [5.74, 6) is 2.21. The highest BCUT2D eigenvalue weighted by Crippen LogP contribution is 2.34. The summed E-state index contributed by atoms with van der Waals surface area (Å²) in [7, 11) is 1.64. The number of hydrogen-bond acceptors (Lipinski definition) is 5. The second kappa shape index (κ2) is 7.75. The van der Waals surface area contributed by atoms with Crippen LogP contribution in [0, 0.1) is 0 Å². The predicted octanol–water partition coefficient (Wildman–Crippen LogP) is 4.52. The number of aromatic nitrogens is 5. The number of halogens is 2. The van der Waals surface area contributed by atoms with Gasteiger partial charge in [-0.05, 0) is 42.5 Å². The lowest BCUT2D eigenvalue weighted by atomic mass is 10.1. The smallest absolute Gasteiger partial charge is 0.166 e. The maximum atomic E-state index is 6.29. The van der Waals surface area contributed by atoms with Gasteiger partial charge >= 0.3 is 0 Å². The van der Waals surface area contributed by atoms with Crippen molar-refractivity contribution in [1.82, 2.24) is 24.3 Å². The van der Waals surface area contributed by atoms with Crippen molar-refractivity contribution >= 4 is 23.2 Å². The molecule has 0 fully saturated rings. The van der Waals surface area contributed by atoms with Gasteiger partial charge in [-0.2, -0.15) is 0 Å². The molecule has 1 aliphatic heterocycles. The summed E-state index contributed by atoms with van der Waals surface area (Å²) >= 11 is 12.2. The molecule has 0 N–H and O–H groups in total. The molecule has 1 aliphatic rings. The van der Waals surface area contributed by atoms with Gasteiger partial charge in [0.25, 0.3) is 0 Å². The Morgan fingerprint density at radius 2 is 1.80 bits per heavy atom. The SMILES string of the molecule is COCc1nnc2n1Cc1c(COc3ccc(Cl)cc3)ncn1-c1ccc(Cl)cc1-2. The molecule has 0 spiro atoms. The molecular formula is C21H17Cl2N5O2. The fourth-order valence-electron chi connectivity index (χ4n) is 3.57. The molecule has 0 radical (unpaired) electrons. The van der Waals surface area contributed by atoms with E-state index in [1.165, 1.54) is 0 Å². The fraction of sp³-hybridized carbons (Fsp3) is 0.190. The summed E-state index contributed by atoms with van der Waals surface area (Å²) in [6.45, 7) is 1.21. The molecule has 7 nitrogen and oxygen atoms in total. The van der Waals surface area contributed by atoms with Gasteiger partial charge in [0.2, 0.25) is 0 Å². The minimum atomic E-state index is 0.323. The van der Waals surface area contributed by atoms with Crippen molar-refractivity contribution in [1.29, 1.82) is 0 Å². The molecule has 0 aliphatic carbocycles. The molecule has 2 aromatic heterocycles. The molecule has 0 saturated carbocycles. The largest absolute Gasteiger partial charge is 0.487 e. The summed E-state index contributed by atoms with van der Waals surface area (Å²) in [5.41, 5.74) is 3.65. The quantitative estimate of drug-likeness (QED) is 0.400. The molecule has 3 heterocycles. The molecule has 0 amide bonds. The number of imidazole rings is 1. The number of rotatable bonds is 5. The Hall–Kier alpha value is -2.87. The molecule has 0 unspecified atom stereocenters. The van der Waals surface area contributed by atoms with Crippen molar-refractivity contribution < 1.29 is 9.47 Å². The lowest BCUT2D eigenvalue weighted by molar-refractivity contribution is 0.174. The molecule has 0 bridgehead atoms. The lowest BCUT2D eigenvalue weighted by Gasteiger charge is -2.11. The van der Waals surface area contributed by atoms with Gasteiger partial charge < -0.3 is 18.6 Å². The molecule has 0 saturated heterocycles. The van der Waals surface area contributed by atoms with Crippen molar-refractivity contribution in [2.75, 3.05) is 7.11 Å². The number of methoxy groups -OCH3 is 1. The van der Waals surface area contributed by atoms with Crippen LogP contribution in [0.15, 0.2) is 48.8 Å². The van der Waals surface area contributed by atoms with E-state index in [0.717, 1.165) is 40.0 Å². The van der Waals surface area contributed by atoms with Crippen LogP contribution >= 0.6 is 23.2 Å². The Balaban J connectivity index is 1.58. The van der Waals surface area contributed by atoms with Gasteiger partial charge in [-0.15, -0.1) is 10.2 Å². The van der Waals surface area contributed by atoms with Gasteiger partial charge in [0, 0.05) is 22.7 Å². The predicted molar refractivity (Wildman–Crippen MR) is 113 cm³/mol. The minimum absolute atomic E-state index is 0.323. The highest BCUT2D eigenvalue weighted by molar-refractivity contribution is 6.31. The minimum Gasteiger partial charge on any atom is -0.487 e. The zero-order valence-corrected chi connectivity index (χ0v) is 17.6. The summed E-state index contributed by atoms with van der Waals surface area (Å²) < 4.78 is 15.3. The van der Waals surface area contributed by atoms with E-state index < -0.39 is 0 Å². The van der Waals surface area contributed by atoms with Crippen LogP contribution in [0.1, 0.15) is 17.2 Å². The zero-order valence-electron chi connectivity index (χ0n) is 16.0. The van der Waals surface area contributed by atoms with Crippen molar-refractivity contribution in [2.45, 2.75) is 19.8 Å². The molecule has 0 atom stereocenters. The second-order valence-corrected chi connectivity index (χ2v) is 7.74. The van der Waals surface area contributed by atoms with Crippen molar-refractivity contribution in [3.8, 4) is 22.8 Å².